The van der Waals surface area contributed by atoms with Crippen molar-refractivity contribution in [2.45, 2.75) is 34.1 Å². The number of allylic oxidation sites excluding steroid dienone is 1. The van der Waals surface area contributed by atoms with E-state index in [2.05, 4.69) is 48.2 Å². The summed E-state index contributed by atoms with van der Waals surface area (Å²) in [4.78, 5) is 21.6. The molecule has 0 saturated carbocycles. The van der Waals surface area contributed by atoms with Crippen LogP contribution in [0.15, 0.2) is 36.9 Å². The van der Waals surface area contributed by atoms with Crippen LogP contribution in [0.1, 0.15) is 43.9 Å². The Morgan fingerprint density at radius 3 is 2.54 bits per heavy atom. The van der Waals surface area contributed by atoms with E-state index in [-0.39, 0.29) is 11.3 Å². The zero-order valence-corrected chi connectivity index (χ0v) is 22.2. The van der Waals surface area contributed by atoms with E-state index in [0.29, 0.717) is 36.2 Å². The normalized spacial score (nSPS) is 14.5. The second-order valence-corrected chi connectivity index (χ2v) is 10.6. The Kier molecular flexibility index (Phi) is 7.30. The molecule has 3 aromatic rings. The number of carbonyl (C=O) groups is 1. The fraction of sp³-hybridized carbons (Fsp3) is 0.393. The van der Waals surface area contributed by atoms with Crippen molar-refractivity contribution in [2.75, 3.05) is 38.1 Å². The Balaban J connectivity index is 1.64. The van der Waals surface area contributed by atoms with Crippen LogP contribution in [-0.4, -0.2) is 64.8 Å². The molecule has 0 unspecified atom stereocenters. The van der Waals surface area contributed by atoms with Crippen molar-refractivity contribution in [1.29, 1.82) is 10.7 Å². The summed E-state index contributed by atoms with van der Waals surface area (Å²) in [5.41, 5.74) is 5.39. The molecular weight excluding hydrogens is 464 g/mol. The van der Waals surface area contributed by atoms with Gasteiger partial charge in [-0.05, 0) is 30.0 Å². The molecule has 9 nitrogen and oxygen atoms in total. The van der Waals surface area contributed by atoms with Gasteiger partial charge in [0.15, 0.2) is 0 Å². The maximum Gasteiger partial charge on any atom is 0.223 e. The molecule has 4 rings (SSSR count). The number of nitrogens with one attached hydrogen (secondary N) is 2. The van der Waals surface area contributed by atoms with Crippen LogP contribution >= 0.6 is 0 Å². The molecular formula is C28H34N8O. The molecule has 9 heteroatoms. The number of nitrogens with zero attached hydrogens (tertiary/aromatic N) is 6. The second-order valence-electron chi connectivity index (χ2n) is 10.6. The van der Waals surface area contributed by atoms with Gasteiger partial charge in [0, 0.05) is 86.7 Å². The van der Waals surface area contributed by atoms with E-state index in [4.69, 9.17) is 10.4 Å². The fourth-order valence-corrected chi connectivity index (χ4v) is 4.72. The summed E-state index contributed by atoms with van der Waals surface area (Å²) in [7, 11) is 1.79. The number of hydrogen-bond donors (Lipinski definition) is 2. The zero-order valence-electron chi connectivity index (χ0n) is 22.2. The summed E-state index contributed by atoms with van der Waals surface area (Å²) in [6.45, 7) is 11.2. The highest BCUT2D eigenvalue weighted by Crippen LogP contribution is 2.32. The molecule has 3 aromatic heterocycles. The number of carbonyl (C=O) groups excluding carboxylic acids is 1. The number of aryl methyl sites for hydroxylation is 1. The molecule has 4 heterocycles. The van der Waals surface area contributed by atoms with Crippen LogP contribution in [0.2, 0.25) is 0 Å². The van der Waals surface area contributed by atoms with E-state index in [0.717, 1.165) is 41.2 Å². The molecule has 1 fully saturated rings. The van der Waals surface area contributed by atoms with E-state index in [9.17, 15) is 10.1 Å². The molecule has 0 spiro atoms. The van der Waals surface area contributed by atoms with Crippen LogP contribution in [0.3, 0.4) is 0 Å². The first-order chi connectivity index (χ1) is 17.6. The maximum atomic E-state index is 12.6. The molecule has 0 bridgehead atoms. The van der Waals surface area contributed by atoms with Crippen LogP contribution in [0.4, 0.5) is 5.82 Å². The lowest BCUT2D eigenvalue weighted by Crippen LogP contribution is -2.49. The Labute approximate surface area is 217 Å². The van der Waals surface area contributed by atoms with Crippen LogP contribution in [0.25, 0.3) is 22.2 Å². The van der Waals surface area contributed by atoms with Crippen molar-refractivity contribution in [3.8, 4) is 17.2 Å². The molecule has 0 radical (unpaired) electrons. The van der Waals surface area contributed by atoms with Gasteiger partial charge in [-0.15, -0.1) is 0 Å². The van der Waals surface area contributed by atoms with Crippen LogP contribution in [-0.2, 0) is 4.79 Å². The number of piperazine rings is 1. The van der Waals surface area contributed by atoms with E-state index in [1.807, 2.05) is 30.3 Å². The zero-order chi connectivity index (χ0) is 26.7. The van der Waals surface area contributed by atoms with Gasteiger partial charge in [-0.1, -0.05) is 20.8 Å². The third-order valence-electron chi connectivity index (χ3n) is 6.50. The smallest absolute Gasteiger partial charge is 0.223 e. The first-order valence-corrected chi connectivity index (χ1v) is 12.4. The molecule has 0 aliphatic carbocycles. The lowest BCUT2D eigenvalue weighted by Gasteiger charge is -2.37. The fourth-order valence-electron chi connectivity index (χ4n) is 4.72. The predicted molar refractivity (Wildman–Crippen MR) is 147 cm³/mol. The SMILES string of the molecule is CN/C=C(\C=N)c1cc(-c2cnc(N3CCN(C(=O)CC(C)(C)C)CC3)c(C)c2)c2c(C#N)cnn2c1. The van der Waals surface area contributed by atoms with Gasteiger partial charge in [0.05, 0.1) is 17.3 Å². The van der Waals surface area contributed by atoms with Crippen molar-refractivity contribution in [3.05, 3.63) is 53.6 Å². The minimum absolute atomic E-state index is 0.0197. The van der Waals surface area contributed by atoms with Gasteiger partial charge < -0.3 is 20.5 Å². The number of fused-ring (bicyclic) bond motifs is 1. The third-order valence-corrected chi connectivity index (χ3v) is 6.50. The summed E-state index contributed by atoms with van der Waals surface area (Å²) in [5, 5.41) is 24.9. The number of aromatic nitrogens is 3. The van der Waals surface area contributed by atoms with Crippen molar-refractivity contribution in [3.63, 3.8) is 0 Å². The summed E-state index contributed by atoms with van der Waals surface area (Å²) in [5.74, 6) is 1.12. The van der Waals surface area contributed by atoms with Gasteiger partial charge in [0.1, 0.15) is 11.9 Å². The van der Waals surface area contributed by atoms with E-state index >= 15 is 0 Å². The van der Waals surface area contributed by atoms with E-state index < -0.39 is 0 Å². The highest BCUT2D eigenvalue weighted by Gasteiger charge is 2.26. The van der Waals surface area contributed by atoms with Gasteiger partial charge in [-0.2, -0.15) is 10.4 Å². The van der Waals surface area contributed by atoms with Gasteiger partial charge in [-0.25, -0.2) is 9.50 Å². The number of amides is 1. The number of nitriles is 1. The minimum Gasteiger partial charge on any atom is -0.393 e. The monoisotopic (exact) mass is 498 g/mol. The highest BCUT2D eigenvalue weighted by atomic mass is 16.2. The van der Waals surface area contributed by atoms with Gasteiger partial charge in [0.25, 0.3) is 0 Å². The molecule has 2 N–H and O–H groups in total. The number of anilines is 1. The first-order valence-electron chi connectivity index (χ1n) is 12.4. The number of rotatable bonds is 6. The molecule has 0 atom stereocenters. The topological polar surface area (TPSA) is 113 Å². The van der Waals surface area contributed by atoms with Gasteiger partial charge in [-0.3, -0.25) is 4.79 Å². The second kappa shape index (κ2) is 10.4. The maximum absolute atomic E-state index is 12.6. The summed E-state index contributed by atoms with van der Waals surface area (Å²) >= 11 is 0. The van der Waals surface area contributed by atoms with Gasteiger partial charge in [0.2, 0.25) is 5.91 Å². The molecule has 37 heavy (non-hydrogen) atoms. The lowest BCUT2D eigenvalue weighted by molar-refractivity contribution is -0.133. The highest BCUT2D eigenvalue weighted by molar-refractivity contribution is 6.08. The number of pyridine rings is 2. The van der Waals surface area contributed by atoms with E-state index in [1.54, 1.807) is 24.0 Å². The molecule has 1 aliphatic heterocycles. The molecule has 1 amide bonds. The Bertz CT molecular complexity index is 1400. The van der Waals surface area contributed by atoms with Gasteiger partial charge >= 0.3 is 0 Å². The minimum atomic E-state index is -0.0197. The Morgan fingerprint density at radius 2 is 1.95 bits per heavy atom. The van der Waals surface area contributed by atoms with Crippen molar-refractivity contribution in [2.24, 2.45) is 5.41 Å². The largest absolute Gasteiger partial charge is 0.393 e. The molecule has 1 aliphatic rings. The third kappa shape index (κ3) is 5.48. The molecule has 1 saturated heterocycles. The average molecular weight is 499 g/mol. The van der Waals surface area contributed by atoms with Crippen molar-refractivity contribution >= 4 is 29.0 Å². The Hall–Kier alpha value is -4.19. The van der Waals surface area contributed by atoms with Crippen molar-refractivity contribution < 1.29 is 4.79 Å². The quantitative estimate of drug-likeness (QED) is 0.499. The van der Waals surface area contributed by atoms with Crippen LogP contribution in [0, 0.1) is 29.1 Å². The van der Waals surface area contributed by atoms with Crippen LogP contribution in [0.5, 0.6) is 0 Å². The first kappa shape index (κ1) is 25.9. The summed E-state index contributed by atoms with van der Waals surface area (Å²) < 4.78 is 1.69. The number of hydrogen-bond acceptors (Lipinski definition) is 7. The van der Waals surface area contributed by atoms with Crippen LogP contribution < -0.4 is 10.2 Å². The average Bonchev–Trinajstić information content (AvgIpc) is 3.29. The lowest BCUT2D eigenvalue weighted by atomic mass is 9.91. The predicted octanol–water partition coefficient (Wildman–Crippen LogP) is 3.87. The summed E-state index contributed by atoms with van der Waals surface area (Å²) in [6, 6.07) is 6.29. The summed E-state index contributed by atoms with van der Waals surface area (Å²) in [6.07, 6.45) is 8.81. The molecule has 0 aromatic carbocycles. The Morgan fingerprint density at radius 1 is 1.22 bits per heavy atom. The standard InChI is InChI=1S/C28H34N8O/c1-19-10-20(16-32-27(19)35-8-6-34(7-9-35)25(37)12-28(2,3)4)24-11-21(22(13-29)15-31-5)18-36-26(24)23(14-30)17-33-36/h10-11,13,15-18,29,31H,6-9,12H2,1-5H3/b22-15+,29-13?. The van der Waals surface area contributed by atoms with E-state index in [1.165, 1.54) is 6.21 Å². The van der Waals surface area contributed by atoms with Crippen molar-refractivity contribution in [1.82, 2.24) is 24.8 Å². The molecule has 192 valence electrons.